The zero-order valence-electron chi connectivity index (χ0n) is 10.3. The second-order valence-corrected chi connectivity index (χ2v) is 4.72. The van der Waals surface area contributed by atoms with E-state index in [0.717, 1.165) is 21.7 Å². The minimum atomic E-state index is 0.354. The van der Waals surface area contributed by atoms with Crippen LogP contribution in [0, 0.1) is 6.92 Å². The van der Waals surface area contributed by atoms with Crippen molar-refractivity contribution in [2.75, 3.05) is 12.4 Å². The molecule has 2 rings (SSSR count). The highest BCUT2D eigenvalue weighted by molar-refractivity contribution is 9.10. The van der Waals surface area contributed by atoms with Gasteiger partial charge in [-0.3, -0.25) is 0 Å². The zero-order chi connectivity index (χ0) is 13.0. The fraction of sp³-hybridized carbons (Fsp3) is 0.231. The fourth-order valence-electron chi connectivity index (χ4n) is 1.53. The van der Waals surface area contributed by atoms with E-state index in [9.17, 15) is 0 Å². The SMILES string of the molecule is CNc1cc(C)nc(COc2cccc(Br)c2)n1. The molecule has 5 heteroatoms. The van der Waals surface area contributed by atoms with Gasteiger partial charge in [-0.15, -0.1) is 0 Å². The van der Waals surface area contributed by atoms with Crippen molar-refractivity contribution < 1.29 is 4.74 Å². The summed E-state index contributed by atoms with van der Waals surface area (Å²) in [5.41, 5.74) is 0.919. The first-order chi connectivity index (χ1) is 8.67. The van der Waals surface area contributed by atoms with Crippen LogP contribution >= 0.6 is 15.9 Å². The van der Waals surface area contributed by atoms with Gasteiger partial charge >= 0.3 is 0 Å². The highest BCUT2D eigenvalue weighted by Gasteiger charge is 2.02. The van der Waals surface area contributed by atoms with E-state index in [-0.39, 0.29) is 0 Å². The molecule has 1 aromatic heterocycles. The van der Waals surface area contributed by atoms with Crippen LogP contribution in [0.1, 0.15) is 11.5 Å². The molecule has 94 valence electrons. The average molecular weight is 308 g/mol. The highest BCUT2D eigenvalue weighted by atomic mass is 79.9. The average Bonchev–Trinajstić information content (AvgIpc) is 2.36. The molecule has 1 N–H and O–H groups in total. The molecule has 4 nitrogen and oxygen atoms in total. The largest absolute Gasteiger partial charge is 0.486 e. The number of aryl methyl sites for hydroxylation is 1. The van der Waals surface area contributed by atoms with Crippen LogP contribution in [0.25, 0.3) is 0 Å². The summed E-state index contributed by atoms with van der Waals surface area (Å²) in [6, 6.07) is 9.58. The van der Waals surface area contributed by atoms with E-state index in [4.69, 9.17) is 4.74 Å². The molecular weight excluding hydrogens is 294 g/mol. The normalized spacial score (nSPS) is 10.2. The summed E-state index contributed by atoms with van der Waals surface area (Å²) in [6.07, 6.45) is 0. The number of halogens is 1. The molecule has 0 fully saturated rings. The molecule has 2 aromatic rings. The van der Waals surface area contributed by atoms with Gasteiger partial charge in [0, 0.05) is 23.3 Å². The molecule has 0 bridgehead atoms. The number of aromatic nitrogens is 2. The summed E-state index contributed by atoms with van der Waals surface area (Å²) in [6.45, 7) is 2.29. The van der Waals surface area contributed by atoms with Gasteiger partial charge in [0.05, 0.1) is 0 Å². The second kappa shape index (κ2) is 5.82. The van der Waals surface area contributed by atoms with E-state index < -0.39 is 0 Å². The van der Waals surface area contributed by atoms with Crippen molar-refractivity contribution in [3.8, 4) is 5.75 Å². The lowest BCUT2D eigenvalue weighted by Gasteiger charge is -2.07. The molecular formula is C13H14BrN3O. The van der Waals surface area contributed by atoms with Gasteiger partial charge in [0.25, 0.3) is 0 Å². The quantitative estimate of drug-likeness (QED) is 0.942. The van der Waals surface area contributed by atoms with Crippen molar-refractivity contribution in [3.05, 3.63) is 46.3 Å². The Morgan fingerprint density at radius 3 is 2.83 bits per heavy atom. The van der Waals surface area contributed by atoms with Gasteiger partial charge < -0.3 is 10.1 Å². The number of ether oxygens (including phenoxy) is 1. The van der Waals surface area contributed by atoms with Gasteiger partial charge in [-0.25, -0.2) is 9.97 Å². The van der Waals surface area contributed by atoms with E-state index in [1.165, 1.54) is 0 Å². The maximum Gasteiger partial charge on any atom is 0.168 e. The fourth-order valence-corrected chi connectivity index (χ4v) is 1.91. The molecule has 18 heavy (non-hydrogen) atoms. The molecule has 0 aliphatic carbocycles. The molecule has 0 amide bonds. The van der Waals surface area contributed by atoms with Crippen LogP contribution in [0.2, 0.25) is 0 Å². The van der Waals surface area contributed by atoms with Gasteiger partial charge in [0.15, 0.2) is 5.82 Å². The van der Waals surface area contributed by atoms with Crippen LogP contribution in [-0.4, -0.2) is 17.0 Å². The lowest BCUT2D eigenvalue weighted by atomic mass is 10.3. The van der Waals surface area contributed by atoms with Gasteiger partial charge in [0.2, 0.25) is 0 Å². The lowest BCUT2D eigenvalue weighted by molar-refractivity contribution is 0.295. The molecule has 0 unspecified atom stereocenters. The Labute approximate surface area is 115 Å². The molecule has 0 aliphatic heterocycles. The number of benzene rings is 1. The van der Waals surface area contributed by atoms with Gasteiger partial charge in [0.1, 0.15) is 18.2 Å². The summed E-state index contributed by atoms with van der Waals surface area (Å²) < 4.78 is 6.63. The summed E-state index contributed by atoms with van der Waals surface area (Å²) in [4.78, 5) is 8.66. The standard InChI is InChI=1S/C13H14BrN3O/c1-9-6-12(15-2)17-13(16-9)8-18-11-5-3-4-10(14)7-11/h3-7H,8H2,1-2H3,(H,15,16,17). The molecule has 0 saturated heterocycles. The van der Waals surface area contributed by atoms with Crippen molar-refractivity contribution >= 4 is 21.7 Å². The van der Waals surface area contributed by atoms with Crippen LogP contribution < -0.4 is 10.1 Å². The van der Waals surface area contributed by atoms with E-state index in [2.05, 4.69) is 31.2 Å². The lowest BCUT2D eigenvalue weighted by Crippen LogP contribution is -2.05. The third-order valence-corrected chi connectivity index (χ3v) is 2.81. The monoisotopic (exact) mass is 307 g/mol. The summed E-state index contributed by atoms with van der Waals surface area (Å²) >= 11 is 3.40. The van der Waals surface area contributed by atoms with Gasteiger partial charge in [-0.2, -0.15) is 0 Å². The first-order valence-corrected chi connectivity index (χ1v) is 6.37. The minimum Gasteiger partial charge on any atom is -0.486 e. The summed E-state index contributed by atoms with van der Waals surface area (Å²) in [5, 5.41) is 3.00. The maximum atomic E-state index is 5.64. The molecule has 0 saturated carbocycles. The predicted octanol–water partition coefficient (Wildman–Crippen LogP) is 3.17. The number of rotatable bonds is 4. The van der Waals surface area contributed by atoms with Crippen molar-refractivity contribution in [1.29, 1.82) is 0 Å². The third kappa shape index (κ3) is 3.43. The Balaban J connectivity index is 2.08. The molecule has 0 spiro atoms. The Morgan fingerprint density at radius 2 is 2.11 bits per heavy atom. The Kier molecular flexibility index (Phi) is 4.15. The topological polar surface area (TPSA) is 47.0 Å². The Bertz CT molecular complexity index is 546. The van der Waals surface area contributed by atoms with Crippen LogP contribution in [0.15, 0.2) is 34.8 Å². The molecule has 0 radical (unpaired) electrons. The van der Waals surface area contributed by atoms with E-state index in [1.54, 1.807) is 0 Å². The summed E-state index contributed by atoms with van der Waals surface area (Å²) in [7, 11) is 1.83. The van der Waals surface area contributed by atoms with Gasteiger partial charge in [-0.05, 0) is 25.1 Å². The molecule has 1 aromatic carbocycles. The minimum absolute atomic E-state index is 0.354. The third-order valence-electron chi connectivity index (χ3n) is 2.32. The van der Waals surface area contributed by atoms with E-state index in [0.29, 0.717) is 12.4 Å². The number of hydrogen-bond acceptors (Lipinski definition) is 4. The molecule has 1 heterocycles. The van der Waals surface area contributed by atoms with E-state index >= 15 is 0 Å². The Hall–Kier alpha value is -1.62. The summed E-state index contributed by atoms with van der Waals surface area (Å²) in [5.74, 6) is 2.26. The van der Waals surface area contributed by atoms with Crippen LogP contribution in [0.4, 0.5) is 5.82 Å². The predicted molar refractivity (Wildman–Crippen MR) is 74.8 cm³/mol. The number of hydrogen-bond donors (Lipinski definition) is 1. The van der Waals surface area contributed by atoms with E-state index in [1.807, 2.05) is 44.3 Å². The van der Waals surface area contributed by atoms with Gasteiger partial charge in [-0.1, -0.05) is 22.0 Å². The van der Waals surface area contributed by atoms with Crippen LogP contribution in [0.3, 0.4) is 0 Å². The van der Waals surface area contributed by atoms with Crippen molar-refractivity contribution in [2.24, 2.45) is 0 Å². The van der Waals surface area contributed by atoms with Crippen molar-refractivity contribution in [3.63, 3.8) is 0 Å². The Morgan fingerprint density at radius 1 is 1.28 bits per heavy atom. The number of nitrogens with zero attached hydrogens (tertiary/aromatic N) is 2. The molecule has 0 atom stereocenters. The highest BCUT2D eigenvalue weighted by Crippen LogP contribution is 2.18. The van der Waals surface area contributed by atoms with Crippen molar-refractivity contribution in [1.82, 2.24) is 9.97 Å². The smallest absolute Gasteiger partial charge is 0.168 e. The first-order valence-electron chi connectivity index (χ1n) is 5.58. The zero-order valence-corrected chi connectivity index (χ0v) is 11.9. The second-order valence-electron chi connectivity index (χ2n) is 3.81. The van der Waals surface area contributed by atoms with Crippen LogP contribution in [0.5, 0.6) is 5.75 Å². The first kappa shape index (κ1) is 12.8. The molecule has 0 aliphatic rings. The number of anilines is 1. The maximum absolute atomic E-state index is 5.64. The van der Waals surface area contributed by atoms with Crippen molar-refractivity contribution in [2.45, 2.75) is 13.5 Å². The van der Waals surface area contributed by atoms with Crippen LogP contribution in [-0.2, 0) is 6.61 Å². The number of nitrogens with one attached hydrogen (secondary N) is 1.